The normalized spacial score (nSPS) is 35.1. The molecule has 1 saturated heterocycles. The van der Waals surface area contributed by atoms with Crippen LogP contribution >= 0.6 is 11.6 Å². The molecule has 5 heteroatoms. The standard InChI is InChI=1S/C23H32ClN3O/c24-20-3-1-15(2-4-20)14-27-7-5-21(6-8-27)25-23(28)26-22-18-10-16-9-17(12-18)13-19(22)11-16/h1-4,16-19,21-22H,5-14H2,(H2,25,26,28). The van der Waals surface area contributed by atoms with E-state index in [0.717, 1.165) is 61.2 Å². The smallest absolute Gasteiger partial charge is 0.315 e. The van der Waals surface area contributed by atoms with Crippen LogP contribution in [0.1, 0.15) is 50.5 Å². The number of benzene rings is 1. The fourth-order valence-corrected chi connectivity index (χ4v) is 6.75. The summed E-state index contributed by atoms with van der Waals surface area (Å²) in [5, 5.41) is 7.45. The van der Waals surface area contributed by atoms with Crippen LogP contribution in [-0.2, 0) is 6.54 Å². The van der Waals surface area contributed by atoms with E-state index >= 15 is 0 Å². The maximum Gasteiger partial charge on any atom is 0.315 e. The number of urea groups is 1. The van der Waals surface area contributed by atoms with Crippen molar-refractivity contribution in [1.82, 2.24) is 15.5 Å². The highest BCUT2D eigenvalue weighted by Gasteiger charge is 2.48. The summed E-state index contributed by atoms with van der Waals surface area (Å²) in [6.07, 6.45) is 8.91. The summed E-state index contributed by atoms with van der Waals surface area (Å²) in [5.41, 5.74) is 1.30. The maximum absolute atomic E-state index is 12.7. The number of carbonyl (C=O) groups excluding carboxylic acids is 1. The molecular formula is C23H32ClN3O. The minimum Gasteiger partial charge on any atom is -0.335 e. The summed E-state index contributed by atoms with van der Waals surface area (Å²) in [7, 11) is 0. The highest BCUT2D eigenvalue weighted by atomic mass is 35.5. The number of likely N-dealkylation sites (tertiary alicyclic amines) is 1. The van der Waals surface area contributed by atoms with Crippen LogP contribution in [0, 0.1) is 23.7 Å². The van der Waals surface area contributed by atoms with Gasteiger partial charge in [0.25, 0.3) is 0 Å². The highest BCUT2D eigenvalue weighted by Crippen LogP contribution is 2.53. The van der Waals surface area contributed by atoms with Crippen LogP contribution in [0.3, 0.4) is 0 Å². The van der Waals surface area contributed by atoms with Crippen LogP contribution < -0.4 is 10.6 Å². The van der Waals surface area contributed by atoms with Crippen molar-refractivity contribution in [2.45, 2.75) is 63.6 Å². The van der Waals surface area contributed by atoms with Gasteiger partial charge in [0.1, 0.15) is 0 Å². The molecule has 2 N–H and O–H groups in total. The van der Waals surface area contributed by atoms with E-state index in [-0.39, 0.29) is 6.03 Å². The molecule has 1 aromatic carbocycles. The van der Waals surface area contributed by atoms with Crippen LogP contribution in [0.4, 0.5) is 4.79 Å². The van der Waals surface area contributed by atoms with Gasteiger partial charge in [0.15, 0.2) is 0 Å². The third kappa shape index (κ3) is 4.04. The number of nitrogens with one attached hydrogen (secondary N) is 2. The first kappa shape index (κ1) is 18.7. The quantitative estimate of drug-likeness (QED) is 0.783. The zero-order chi connectivity index (χ0) is 19.1. The lowest BCUT2D eigenvalue weighted by Gasteiger charge is -2.54. The molecule has 152 valence electrons. The Hall–Kier alpha value is -1.26. The molecular weight excluding hydrogens is 370 g/mol. The summed E-state index contributed by atoms with van der Waals surface area (Å²) >= 11 is 5.97. The van der Waals surface area contributed by atoms with E-state index < -0.39 is 0 Å². The van der Waals surface area contributed by atoms with Crippen molar-refractivity contribution in [3.63, 3.8) is 0 Å². The fourth-order valence-electron chi connectivity index (χ4n) is 6.62. The molecule has 0 atom stereocenters. The van der Waals surface area contributed by atoms with E-state index in [0.29, 0.717) is 12.1 Å². The molecule has 4 saturated carbocycles. The first-order valence-electron chi connectivity index (χ1n) is 11.2. The molecule has 0 unspecified atom stereocenters. The fraction of sp³-hybridized carbons (Fsp3) is 0.696. The van der Waals surface area contributed by atoms with Crippen LogP contribution in [0.5, 0.6) is 0 Å². The predicted octanol–water partition coefficient (Wildman–Crippen LogP) is 4.43. The van der Waals surface area contributed by atoms with Gasteiger partial charge >= 0.3 is 6.03 Å². The van der Waals surface area contributed by atoms with Gasteiger partial charge in [-0.15, -0.1) is 0 Å². The first-order chi connectivity index (χ1) is 13.6. The Morgan fingerprint density at radius 3 is 2.14 bits per heavy atom. The molecule has 4 bridgehead atoms. The predicted molar refractivity (Wildman–Crippen MR) is 112 cm³/mol. The number of nitrogens with zero attached hydrogens (tertiary/aromatic N) is 1. The molecule has 1 heterocycles. The van der Waals surface area contributed by atoms with Crippen molar-refractivity contribution in [2.75, 3.05) is 13.1 Å². The number of hydrogen-bond acceptors (Lipinski definition) is 2. The molecule has 28 heavy (non-hydrogen) atoms. The van der Waals surface area contributed by atoms with Crippen molar-refractivity contribution in [2.24, 2.45) is 23.7 Å². The number of rotatable bonds is 4. The average molecular weight is 402 g/mol. The third-order valence-electron chi connectivity index (χ3n) is 7.77. The van der Waals surface area contributed by atoms with Crippen molar-refractivity contribution >= 4 is 17.6 Å². The number of piperidine rings is 1. The third-order valence-corrected chi connectivity index (χ3v) is 8.02. The highest BCUT2D eigenvalue weighted by molar-refractivity contribution is 6.30. The van der Waals surface area contributed by atoms with E-state index in [4.69, 9.17) is 11.6 Å². The lowest BCUT2D eigenvalue weighted by molar-refractivity contribution is -0.00961. The Labute approximate surface area is 173 Å². The van der Waals surface area contributed by atoms with Crippen LogP contribution in [0.15, 0.2) is 24.3 Å². The minimum absolute atomic E-state index is 0.0774. The number of hydrogen-bond donors (Lipinski definition) is 2. The van der Waals surface area contributed by atoms with Crippen LogP contribution in [0.25, 0.3) is 0 Å². The topological polar surface area (TPSA) is 44.4 Å². The van der Waals surface area contributed by atoms with E-state index in [1.54, 1.807) is 0 Å². The second-order valence-corrected chi connectivity index (χ2v) is 10.2. The Kier molecular flexibility index (Phi) is 5.27. The zero-order valence-electron chi connectivity index (χ0n) is 16.6. The summed E-state index contributed by atoms with van der Waals surface area (Å²) < 4.78 is 0. The number of amides is 2. The van der Waals surface area contributed by atoms with E-state index in [9.17, 15) is 4.79 Å². The molecule has 5 aliphatic rings. The zero-order valence-corrected chi connectivity index (χ0v) is 17.3. The van der Waals surface area contributed by atoms with Gasteiger partial charge in [-0.3, -0.25) is 4.90 Å². The van der Waals surface area contributed by atoms with E-state index in [1.165, 1.54) is 37.7 Å². The SMILES string of the molecule is O=C(NC1CCN(Cc2ccc(Cl)cc2)CC1)NC1C2CC3CC(C2)CC1C3. The Morgan fingerprint density at radius 2 is 1.54 bits per heavy atom. The van der Waals surface area contributed by atoms with E-state index in [2.05, 4.69) is 27.7 Å². The van der Waals surface area contributed by atoms with Gasteiger partial charge < -0.3 is 10.6 Å². The second-order valence-electron chi connectivity index (χ2n) is 9.75. The van der Waals surface area contributed by atoms with Crippen LogP contribution in [0.2, 0.25) is 5.02 Å². The molecule has 4 aliphatic carbocycles. The van der Waals surface area contributed by atoms with Gasteiger partial charge in [-0.25, -0.2) is 4.79 Å². The van der Waals surface area contributed by atoms with Gasteiger partial charge in [0.2, 0.25) is 0 Å². The van der Waals surface area contributed by atoms with Crippen molar-refractivity contribution in [3.05, 3.63) is 34.9 Å². The average Bonchev–Trinajstić information content (AvgIpc) is 2.67. The molecule has 4 nitrogen and oxygen atoms in total. The Bertz CT molecular complexity index is 670. The van der Waals surface area contributed by atoms with Crippen molar-refractivity contribution < 1.29 is 4.79 Å². The monoisotopic (exact) mass is 401 g/mol. The maximum atomic E-state index is 12.7. The van der Waals surface area contributed by atoms with Gasteiger partial charge in [-0.2, -0.15) is 0 Å². The molecule has 6 rings (SSSR count). The molecule has 0 aromatic heterocycles. The Balaban J connectivity index is 1.07. The van der Waals surface area contributed by atoms with Crippen molar-refractivity contribution in [1.29, 1.82) is 0 Å². The van der Waals surface area contributed by atoms with Gasteiger partial charge in [-0.05, 0) is 86.3 Å². The lowest BCUT2D eigenvalue weighted by Crippen LogP contribution is -2.58. The molecule has 0 radical (unpaired) electrons. The molecule has 2 amide bonds. The summed E-state index contributed by atoms with van der Waals surface area (Å²) in [5.74, 6) is 3.38. The molecule has 1 aromatic rings. The van der Waals surface area contributed by atoms with Gasteiger partial charge in [0, 0.05) is 36.7 Å². The number of halogens is 1. The minimum atomic E-state index is 0.0774. The largest absolute Gasteiger partial charge is 0.335 e. The van der Waals surface area contributed by atoms with Gasteiger partial charge in [0.05, 0.1) is 0 Å². The first-order valence-corrected chi connectivity index (χ1v) is 11.5. The Morgan fingerprint density at radius 1 is 0.929 bits per heavy atom. The molecule has 0 spiro atoms. The second kappa shape index (κ2) is 7.87. The molecule has 1 aliphatic heterocycles. The molecule has 5 fully saturated rings. The number of carbonyl (C=O) groups is 1. The lowest BCUT2D eigenvalue weighted by atomic mass is 9.54. The summed E-state index contributed by atoms with van der Waals surface area (Å²) in [4.78, 5) is 15.1. The van der Waals surface area contributed by atoms with Crippen molar-refractivity contribution in [3.8, 4) is 0 Å². The van der Waals surface area contributed by atoms with E-state index in [1.807, 2.05) is 12.1 Å². The summed E-state index contributed by atoms with van der Waals surface area (Å²) in [6.45, 7) is 3.03. The van der Waals surface area contributed by atoms with Gasteiger partial charge in [-0.1, -0.05) is 23.7 Å². The van der Waals surface area contributed by atoms with Crippen LogP contribution in [-0.4, -0.2) is 36.1 Å². The summed E-state index contributed by atoms with van der Waals surface area (Å²) in [6, 6.07) is 8.93.